The first-order valence-electron chi connectivity index (χ1n) is 6.38. The van der Waals surface area contributed by atoms with Crippen molar-refractivity contribution >= 4 is 33.1 Å². The normalized spacial score (nSPS) is 12.1. The van der Waals surface area contributed by atoms with Gasteiger partial charge in [-0.2, -0.15) is 13.2 Å². The first kappa shape index (κ1) is 17.2. The fraction of sp³-hybridized carbons (Fsp3) is 0.0625. The van der Waals surface area contributed by atoms with Crippen LogP contribution >= 0.6 is 15.9 Å². The molecule has 2 aromatic rings. The fourth-order valence-electron chi connectivity index (χ4n) is 1.84. The van der Waals surface area contributed by atoms with Gasteiger partial charge < -0.3 is 5.32 Å². The second-order valence-corrected chi connectivity index (χ2v) is 5.45. The van der Waals surface area contributed by atoms with E-state index in [0.717, 1.165) is 6.07 Å². The molecule has 0 fully saturated rings. The Kier molecular flexibility index (Phi) is 5.20. The van der Waals surface area contributed by atoms with E-state index < -0.39 is 23.5 Å². The first-order valence-corrected chi connectivity index (χ1v) is 7.17. The molecule has 0 aromatic heterocycles. The van der Waals surface area contributed by atoms with E-state index >= 15 is 0 Å². The molecule has 2 nitrogen and oxygen atoms in total. The smallest absolute Gasteiger partial charge is 0.320 e. The molecule has 2 rings (SSSR count). The van der Waals surface area contributed by atoms with Crippen molar-refractivity contribution in [3.63, 3.8) is 0 Å². The number of hydrogen-bond donors (Lipinski definition) is 1. The highest BCUT2D eigenvalue weighted by Crippen LogP contribution is 2.33. The summed E-state index contributed by atoms with van der Waals surface area (Å²) < 4.78 is 53.4. The van der Waals surface area contributed by atoms with Crippen molar-refractivity contribution in [1.29, 1.82) is 0 Å². The molecule has 0 aliphatic heterocycles. The van der Waals surface area contributed by atoms with Crippen LogP contribution in [0.25, 0.3) is 5.57 Å². The number of allylic oxidation sites excluding steroid dienone is 1. The van der Waals surface area contributed by atoms with Crippen molar-refractivity contribution in [2.45, 2.75) is 6.18 Å². The maximum atomic E-state index is 13.6. The number of amides is 1. The van der Waals surface area contributed by atoms with Crippen LogP contribution in [0.5, 0.6) is 0 Å². The molecule has 1 amide bonds. The molecule has 7 heteroatoms. The summed E-state index contributed by atoms with van der Waals surface area (Å²) >= 11 is 3.05. The van der Waals surface area contributed by atoms with Gasteiger partial charge in [0.15, 0.2) is 0 Å². The maximum absolute atomic E-state index is 13.6. The molecule has 120 valence electrons. The zero-order valence-corrected chi connectivity index (χ0v) is 13.1. The fourth-order valence-corrected chi connectivity index (χ4v) is 2.17. The zero-order chi connectivity index (χ0) is 17.0. The molecule has 23 heavy (non-hydrogen) atoms. The van der Waals surface area contributed by atoms with Crippen LogP contribution in [0.1, 0.15) is 5.56 Å². The van der Waals surface area contributed by atoms with Gasteiger partial charge in [-0.1, -0.05) is 46.3 Å². The van der Waals surface area contributed by atoms with E-state index in [9.17, 15) is 22.4 Å². The van der Waals surface area contributed by atoms with E-state index in [0.29, 0.717) is 10.5 Å². The monoisotopic (exact) mass is 387 g/mol. The van der Waals surface area contributed by atoms with Crippen LogP contribution < -0.4 is 5.32 Å². The Morgan fingerprint density at radius 1 is 1.09 bits per heavy atom. The molecule has 1 N–H and O–H groups in total. The summed E-state index contributed by atoms with van der Waals surface area (Å²) in [5, 5.41) is 2.10. The Morgan fingerprint density at radius 2 is 1.74 bits per heavy atom. The number of halogens is 5. The van der Waals surface area contributed by atoms with Crippen molar-refractivity contribution in [3.8, 4) is 0 Å². The highest BCUT2D eigenvalue weighted by molar-refractivity contribution is 9.10. The molecule has 0 spiro atoms. The molecule has 0 radical (unpaired) electrons. The Balaban J connectivity index is 2.30. The molecular weight excluding hydrogens is 378 g/mol. The molecule has 0 saturated carbocycles. The number of benzene rings is 2. The van der Waals surface area contributed by atoms with Crippen LogP contribution in [-0.2, 0) is 4.79 Å². The SMILES string of the molecule is O=C(/C=C(/c1ccccc1)C(F)(F)F)Nc1ccc(Br)cc1F. The van der Waals surface area contributed by atoms with Gasteiger partial charge in [-0.05, 0) is 23.8 Å². The molecule has 0 saturated heterocycles. The average molecular weight is 388 g/mol. The van der Waals surface area contributed by atoms with Crippen LogP contribution in [0.2, 0.25) is 0 Å². The molecule has 0 atom stereocenters. The van der Waals surface area contributed by atoms with Crippen LogP contribution in [0.15, 0.2) is 59.1 Å². The molecule has 0 aliphatic carbocycles. The summed E-state index contributed by atoms with van der Waals surface area (Å²) in [6, 6.07) is 10.7. The third-order valence-corrected chi connectivity index (χ3v) is 3.35. The Bertz CT molecular complexity index is 741. The van der Waals surface area contributed by atoms with Gasteiger partial charge >= 0.3 is 6.18 Å². The number of hydrogen-bond acceptors (Lipinski definition) is 1. The third-order valence-electron chi connectivity index (χ3n) is 2.85. The quantitative estimate of drug-likeness (QED) is 0.571. The molecule has 0 bridgehead atoms. The lowest BCUT2D eigenvalue weighted by molar-refractivity contribution is -0.112. The van der Waals surface area contributed by atoms with E-state index in [1.165, 1.54) is 36.4 Å². The average Bonchev–Trinajstić information content (AvgIpc) is 2.47. The van der Waals surface area contributed by atoms with Crippen LogP contribution in [0.4, 0.5) is 23.2 Å². The standard InChI is InChI=1S/C16H10BrF4NO/c17-11-6-7-14(13(18)8-11)22-15(23)9-12(16(19,20)21)10-4-2-1-3-5-10/h1-9H,(H,22,23)/b12-9-. The summed E-state index contributed by atoms with van der Waals surface area (Å²) in [7, 11) is 0. The van der Waals surface area contributed by atoms with Gasteiger partial charge in [0.1, 0.15) is 5.82 Å². The summed E-state index contributed by atoms with van der Waals surface area (Å²) in [5.74, 6) is -1.82. The van der Waals surface area contributed by atoms with E-state index in [1.54, 1.807) is 6.07 Å². The summed E-state index contributed by atoms with van der Waals surface area (Å²) in [4.78, 5) is 11.8. The first-order chi connectivity index (χ1) is 10.8. The van der Waals surface area contributed by atoms with Crippen LogP contribution in [0, 0.1) is 5.82 Å². The van der Waals surface area contributed by atoms with Gasteiger partial charge in [0.05, 0.1) is 11.3 Å². The molecule has 0 heterocycles. The number of rotatable bonds is 3. The number of alkyl halides is 3. The summed E-state index contributed by atoms with van der Waals surface area (Å²) in [6.07, 6.45) is -4.30. The lowest BCUT2D eigenvalue weighted by Gasteiger charge is -2.12. The predicted octanol–water partition coefficient (Wildman–Crippen LogP) is 5.17. The van der Waals surface area contributed by atoms with E-state index in [1.807, 2.05) is 0 Å². The van der Waals surface area contributed by atoms with Gasteiger partial charge in [0, 0.05) is 10.5 Å². The number of anilines is 1. The number of carbonyl (C=O) groups is 1. The maximum Gasteiger partial charge on any atom is 0.417 e. The topological polar surface area (TPSA) is 29.1 Å². The van der Waals surface area contributed by atoms with Gasteiger partial charge in [-0.3, -0.25) is 4.79 Å². The Labute approximate surface area is 137 Å². The van der Waals surface area contributed by atoms with Crippen LogP contribution in [-0.4, -0.2) is 12.1 Å². The van der Waals surface area contributed by atoms with Crippen molar-refractivity contribution in [1.82, 2.24) is 0 Å². The lowest BCUT2D eigenvalue weighted by Crippen LogP contribution is -2.16. The lowest BCUT2D eigenvalue weighted by atomic mass is 10.1. The van der Waals surface area contributed by atoms with E-state index in [2.05, 4.69) is 21.2 Å². The predicted molar refractivity (Wildman–Crippen MR) is 83.2 cm³/mol. The van der Waals surface area contributed by atoms with Crippen molar-refractivity contribution < 1.29 is 22.4 Å². The highest BCUT2D eigenvalue weighted by Gasteiger charge is 2.35. The summed E-state index contributed by atoms with van der Waals surface area (Å²) in [6.45, 7) is 0. The van der Waals surface area contributed by atoms with Crippen molar-refractivity contribution in [2.75, 3.05) is 5.32 Å². The van der Waals surface area contributed by atoms with Crippen molar-refractivity contribution in [2.24, 2.45) is 0 Å². The Morgan fingerprint density at radius 3 is 2.30 bits per heavy atom. The summed E-state index contributed by atoms with van der Waals surface area (Å²) in [5.41, 5.74) is -1.46. The van der Waals surface area contributed by atoms with Gasteiger partial charge in [0.25, 0.3) is 0 Å². The van der Waals surface area contributed by atoms with Gasteiger partial charge in [0.2, 0.25) is 5.91 Å². The molecule has 2 aromatic carbocycles. The largest absolute Gasteiger partial charge is 0.417 e. The van der Waals surface area contributed by atoms with Crippen molar-refractivity contribution in [3.05, 3.63) is 70.5 Å². The van der Waals surface area contributed by atoms with Gasteiger partial charge in [-0.15, -0.1) is 0 Å². The Hall–Kier alpha value is -2.15. The molecule has 0 unspecified atom stereocenters. The minimum Gasteiger partial charge on any atom is -0.320 e. The molecular formula is C16H10BrF4NO. The second kappa shape index (κ2) is 6.95. The zero-order valence-electron chi connectivity index (χ0n) is 11.5. The minimum absolute atomic E-state index is 0.147. The van der Waals surface area contributed by atoms with E-state index in [4.69, 9.17) is 0 Å². The van der Waals surface area contributed by atoms with Crippen LogP contribution in [0.3, 0.4) is 0 Å². The molecule has 0 aliphatic rings. The number of carbonyl (C=O) groups excluding carboxylic acids is 1. The van der Waals surface area contributed by atoms with Gasteiger partial charge in [-0.25, -0.2) is 4.39 Å². The third kappa shape index (κ3) is 4.66. The number of nitrogens with one attached hydrogen (secondary N) is 1. The minimum atomic E-state index is -4.71. The van der Waals surface area contributed by atoms with E-state index in [-0.39, 0.29) is 11.3 Å². The highest BCUT2D eigenvalue weighted by atomic mass is 79.9. The second-order valence-electron chi connectivity index (χ2n) is 4.54.